The minimum Gasteiger partial charge on any atom is -0.289 e. The fourth-order valence-corrected chi connectivity index (χ4v) is 5.94. The molecule has 1 unspecified atom stereocenters. The molecule has 0 spiro atoms. The Balaban J connectivity index is 1.84. The van der Waals surface area contributed by atoms with Crippen molar-refractivity contribution < 1.29 is 13.2 Å². The van der Waals surface area contributed by atoms with Crippen molar-refractivity contribution >= 4 is 72.7 Å². The van der Waals surface area contributed by atoms with Gasteiger partial charge in [0.05, 0.1) is 22.5 Å². The highest BCUT2D eigenvalue weighted by molar-refractivity contribution is 14.1. The first-order valence-electron chi connectivity index (χ1n) is 6.59. The minimum atomic E-state index is -3.04. The van der Waals surface area contributed by atoms with E-state index in [1.54, 1.807) is 6.08 Å². The molecule has 0 aromatic heterocycles. The van der Waals surface area contributed by atoms with Crippen LogP contribution in [-0.4, -0.2) is 41.1 Å². The van der Waals surface area contributed by atoms with Crippen LogP contribution in [0.3, 0.4) is 0 Å². The maximum Gasteiger partial charge on any atom is 0.266 e. The maximum atomic E-state index is 12.5. The molecule has 2 saturated heterocycles. The Kier molecular flexibility index (Phi) is 4.64. The van der Waals surface area contributed by atoms with E-state index in [0.29, 0.717) is 15.6 Å². The molecular formula is C14H12INO3S3. The van der Waals surface area contributed by atoms with Gasteiger partial charge < -0.3 is 0 Å². The number of halogens is 1. The highest BCUT2D eigenvalue weighted by Crippen LogP contribution is 2.36. The lowest BCUT2D eigenvalue weighted by atomic mass is 10.2. The van der Waals surface area contributed by atoms with Gasteiger partial charge in [0.2, 0.25) is 0 Å². The molecule has 0 N–H and O–H groups in total. The van der Waals surface area contributed by atoms with Crippen molar-refractivity contribution in [1.82, 2.24) is 4.90 Å². The number of carbonyl (C=O) groups excluding carboxylic acids is 1. The van der Waals surface area contributed by atoms with Crippen molar-refractivity contribution in [3.8, 4) is 0 Å². The lowest BCUT2D eigenvalue weighted by Crippen LogP contribution is -2.39. The number of thiocarbonyl (C=S) groups is 1. The summed E-state index contributed by atoms with van der Waals surface area (Å²) < 4.78 is 24.8. The van der Waals surface area contributed by atoms with E-state index in [1.165, 1.54) is 16.7 Å². The molecule has 1 atom stereocenters. The lowest BCUT2D eigenvalue weighted by molar-refractivity contribution is -0.123. The van der Waals surface area contributed by atoms with Gasteiger partial charge in [-0.05, 0) is 52.8 Å². The van der Waals surface area contributed by atoms with Gasteiger partial charge in [-0.3, -0.25) is 9.69 Å². The second kappa shape index (κ2) is 6.21. The standard InChI is InChI=1S/C14H12INO3S3/c15-10-3-1-9(2-4-10)7-12-13(17)16(14(20)21-12)11-5-6-22(18,19)8-11/h1-4,7,11H,5-6,8H2/b12-7+. The number of rotatable bonds is 2. The average molecular weight is 465 g/mol. The molecule has 22 heavy (non-hydrogen) atoms. The van der Waals surface area contributed by atoms with E-state index in [4.69, 9.17) is 12.2 Å². The topological polar surface area (TPSA) is 54.5 Å². The van der Waals surface area contributed by atoms with Crippen molar-refractivity contribution in [2.45, 2.75) is 12.5 Å². The van der Waals surface area contributed by atoms with Gasteiger partial charge in [0.25, 0.3) is 5.91 Å². The Morgan fingerprint density at radius 3 is 2.59 bits per heavy atom. The Hall–Kier alpha value is -0.450. The van der Waals surface area contributed by atoms with E-state index in [-0.39, 0.29) is 23.5 Å². The van der Waals surface area contributed by atoms with E-state index >= 15 is 0 Å². The second-order valence-corrected chi connectivity index (χ2v) is 10.3. The van der Waals surface area contributed by atoms with Crippen molar-refractivity contribution in [2.75, 3.05) is 11.5 Å². The van der Waals surface area contributed by atoms with Crippen molar-refractivity contribution in [3.05, 3.63) is 38.3 Å². The molecule has 4 nitrogen and oxygen atoms in total. The number of benzene rings is 1. The SMILES string of the molecule is O=C1/C(=C\c2ccc(I)cc2)SC(=S)N1C1CCS(=O)(=O)C1. The monoisotopic (exact) mass is 465 g/mol. The highest BCUT2D eigenvalue weighted by Gasteiger charge is 2.41. The fraction of sp³-hybridized carbons (Fsp3) is 0.286. The van der Waals surface area contributed by atoms with Gasteiger partial charge in [0.15, 0.2) is 9.84 Å². The largest absolute Gasteiger partial charge is 0.289 e. The summed E-state index contributed by atoms with van der Waals surface area (Å²) in [5.41, 5.74) is 0.931. The summed E-state index contributed by atoms with van der Waals surface area (Å²) in [5.74, 6) is -0.0446. The molecule has 3 rings (SSSR count). The van der Waals surface area contributed by atoms with Gasteiger partial charge in [-0.2, -0.15) is 0 Å². The molecule has 2 aliphatic rings. The summed E-state index contributed by atoms with van der Waals surface area (Å²) in [6.45, 7) is 0. The summed E-state index contributed by atoms with van der Waals surface area (Å²) in [7, 11) is -3.04. The molecular weight excluding hydrogens is 453 g/mol. The van der Waals surface area contributed by atoms with Crippen LogP contribution in [0.15, 0.2) is 29.2 Å². The van der Waals surface area contributed by atoms with Crippen LogP contribution in [0.1, 0.15) is 12.0 Å². The molecule has 1 amide bonds. The van der Waals surface area contributed by atoms with E-state index in [1.807, 2.05) is 24.3 Å². The second-order valence-electron chi connectivity index (χ2n) is 5.16. The van der Waals surface area contributed by atoms with Crippen LogP contribution in [0.4, 0.5) is 0 Å². The molecule has 0 aliphatic carbocycles. The third-order valence-corrected chi connectivity index (χ3v) is 7.36. The van der Waals surface area contributed by atoms with Crippen LogP contribution < -0.4 is 0 Å². The normalized spacial score (nSPS) is 26.1. The van der Waals surface area contributed by atoms with Crippen LogP contribution in [0.25, 0.3) is 6.08 Å². The summed E-state index contributed by atoms with van der Waals surface area (Å²) >= 11 is 8.74. The zero-order valence-electron chi connectivity index (χ0n) is 11.4. The molecule has 1 aromatic rings. The predicted molar refractivity (Wildman–Crippen MR) is 101 cm³/mol. The van der Waals surface area contributed by atoms with Crippen molar-refractivity contribution in [3.63, 3.8) is 0 Å². The zero-order chi connectivity index (χ0) is 15.9. The Morgan fingerprint density at radius 2 is 2.00 bits per heavy atom. The molecule has 0 bridgehead atoms. The third kappa shape index (κ3) is 3.39. The number of amides is 1. The average Bonchev–Trinajstić information content (AvgIpc) is 2.93. The van der Waals surface area contributed by atoms with E-state index < -0.39 is 9.84 Å². The first-order valence-corrected chi connectivity index (χ1v) is 10.7. The van der Waals surface area contributed by atoms with Crippen molar-refractivity contribution in [2.24, 2.45) is 0 Å². The molecule has 0 saturated carbocycles. The molecule has 2 aliphatic heterocycles. The van der Waals surface area contributed by atoms with E-state index in [9.17, 15) is 13.2 Å². The number of nitrogens with zero attached hydrogens (tertiary/aromatic N) is 1. The van der Waals surface area contributed by atoms with Crippen LogP contribution in [0.5, 0.6) is 0 Å². The number of hydrogen-bond donors (Lipinski definition) is 0. The summed E-state index contributed by atoms with van der Waals surface area (Å²) in [6, 6.07) is 7.50. The minimum absolute atomic E-state index is 0.0102. The van der Waals surface area contributed by atoms with E-state index in [0.717, 1.165) is 9.13 Å². The van der Waals surface area contributed by atoms with Gasteiger partial charge >= 0.3 is 0 Å². The molecule has 2 fully saturated rings. The highest BCUT2D eigenvalue weighted by atomic mass is 127. The number of sulfone groups is 1. The quantitative estimate of drug-likeness (QED) is 0.382. The van der Waals surface area contributed by atoms with E-state index in [2.05, 4.69) is 22.6 Å². The maximum absolute atomic E-state index is 12.5. The molecule has 1 aromatic carbocycles. The van der Waals surface area contributed by atoms with Crippen LogP contribution in [0.2, 0.25) is 0 Å². The van der Waals surface area contributed by atoms with Crippen LogP contribution in [-0.2, 0) is 14.6 Å². The van der Waals surface area contributed by atoms with Gasteiger partial charge in [-0.25, -0.2) is 8.42 Å². The summed E-state index contributed by atoms with van der Waals surface area (Å²) in [4.78, 5) is 14.6. The third-order valence-electron chi connectivity index (χ3n) is 3.56. The smallest absolute Gasteiger partial charge is 0.266 e. The first-order chi connectivity index (χ1) is 10.4. The van der Waals surface area contributed by atoms with Gasteiger partial charge in [-0.15, -0.1) is 0 Å². The fourth-order valence-electron chi connectivity index (χ4n) is 2.48. The lowest BCUT2D eigenvalue weighted by Gasteiger charge is -2.20. The summed E-state index contributed by atoms with van der Waals surface area (Å²) in [5, 5.41) is 0. The van der Waals surface area contributed by atoms with Gasteiger partial charge in [0.1, 0.15) is 4.32 Å². The van der Waals surface area contributed by atoms with Crippen LogP contribution >= 0.6 is 46.6 Å². The number of hydrogen-bond acceptors (Lipinski definition) is 5. The number of carbonyl (C=O) groups is 1. The molecule has 0 radical (unpaired) electrons. The zero-order valence-corrected chi connectivity index (χ0v) is 16.0. The predicted octanol–water partition coefficient (Wildman–Crippen LogP) is 2.68. The Bertz CT molecular complexity index is 771. The summed E-state index contributed by atoms with van der Waals surface area (Å²) in [6.07, 6.45) is 2.27. The molecule has 116 valence electrons. The Morgan fingerprint density at radius 1 is 1.32 bits per heavy atom. The Labute approximate surface area is 152 Å². The molecule has 2 heterocycles. The van der Waals surface area contributed by atoms with Crippen LogP contribution in [0, 0.1) is 3.57 Å². The molecule has 8 heteroatoms. The number of thioether (sulfide) groups is 1. The van der Waals surface area contributed by atoms with Gasteiger partial charge in [0, 0.05) is 3.57 Å². The van der Waals surface area contributed by atoms with Crippen molar-refractivity contribution in [1.29, 1.82) is 0 Å². The first kappa shape index (κ1) is 16.4. The van der Waals surface area contributed by atoms with Gasteiger partial charge in [-0.1, -0.05) is 36.1 Å².